The lowest BCUT2D eigenvalue weighted by atomic mass is 10.1. The number of guanidine groups is 1. The van der Waals surface area contributed by atoms with Gasteiger partial charge in [-0.15, -0.1) is 0 Å². The number of nitrogens with zero attached hydrogens (tertiary/aromatic N) is 5. The molecule has 4 rings (SSSR count). The molecule has 0 radical (unpaired) electrons. The summed E-state index contributed by atoms with van der Waals surface area (Å²) >= 11 is 5.99. The molecule has 3 aliphatic heterocycles. The van der Waals surface area contributed by atoms with Gasteiger partial charge in [-0.25, -0.2) is 9.79 Å². The van der Waals surface area contributed by atoms with E-state index in [4.69, 9.17) is 16.6 Å². The Balaban J connectivity index is 1.46. The Bertz CT molecular complexity index is 834. The van der Waals surface area contributed by atoms with E-state index in [0.717, 1.165) is 50.3 Å². The molecule has 8 nitrogen and oxygen atoms in total. The molecular weight excluding hydrogens is 404 g/mol. The smallest absolute Gasteiger partial charge is 0.325 e. The molecule has 0 aromatic heterocycles. The molecule has 1 aromatic rings. The van der Waals surface area contributed by atoms with Gasteiger partial charge in [0.2, 0.25) is 0 Å². The summed E-state index contributed by atoms with van der Waals surface area (Å²) in [6, 6.07) is 7.14. The Morgan fingerprint density at radius 2 is 1.80 bits per heavy atom. The molecule has 0 saturated carbocycles. The number of likely N-dealkylation sites (N-methyl/N-ethyl adjacent to an activating group) is 1. The first kappa shape index (κ1) is 20.9. The molecule has 30 heavy (non-hydrogen) atoms. The van der Waals surface area contributed by atoms with Crippen LogP contribution in [0.3, 0.4) is 0 Å². The van der Waals surface area contributed by atoms with Crippen molar-refractivity contribution in [2.75, 3.05) is 39.8 Å². The van der Waals surface area contributed by atoms with Crippen molar-refractivity contribution < 1.29 is 9.59 Å². The van der Waals surface area contributed by atoms with E-state index >= 15 is 0 Å². The molecule has 3 heterocycles. The van der Waals surface area contributed by atoms with Gasteiger partial charge in [-0.2, -0.15) is 0 Å². The van der Waals surface area contributed by atoms with Crippen molar-refractivity contribution in [3.05, 3.63) is 34.9 Å². The van der Waals surface area contributed by atoms with Gasteiger partial charge in [0.1, 0.15) is 0 Å². The predicted octanol–water partition coefficient (Wildman–Crippen LogP) is 1.66. The number of hydrogen-bond acceptors (Lipinski definition) is 6. The molecule has 1 aromatic carbocycles. The van der Waals surface area contributed by atoms with Crippen LogP contribution >= 0.6 is 11.6 Å². The minimum Gasteiger partial charge on any atom is -0.340 e. The summed E-state index contributed by atoms with van der Waals surface area (Å²) in [5.74, 6) is 0.946. The first-order chi connectivity index (χ1) is 14.3. The second kappa shape index (κ2) is 8.43. The van der Waals surface area contributed by atoms with Crippen LogP contribution in [0.4, 0.5) is 4.79 Å². The number of nitrogens with one attached hydrogen (secondary N) is 1. The third-order valence-electron chi connectivity index (χ3n) is 5.88. The van der Waals surface area contributed by atoms with Crippen molar-refractivity contribution in [2.24, 2.45) is 10.9 Å². The van der Waals surface area contributed by atoms with E-state index in [-0.39, 0.29) is 11.9 Å². The number of halogens is 1. The van der Waals surface area contributed by atoms with Crippen molar-refractivity contribution in [3.8, 4) is 0 Å². The first-order valence-corrected chi connectivity index (χ1v) is 10.8. The Kier molecular flexibility index (Phi) is 5.88. The highest BCUT2D eigenvalue weighted by atomic mass is 35.5. The van der Waals surface area contributed by atoms with Crippen molar-refractivity contribution in [2.45, 2.75) is 32.6 Å². The molecule has 0 spiro atoms. The van der Waals surface area contributed by atoms with E-state index in [0.29, 0.717) is 5.92 Å². The lowest BCUT2D eigenvalue weighted by Crippen LogP contribution is -2.65. The fraction of sp³-hybridized carbons (Fsp3) is 0.571. The number of imide groups is 1. The summed E-state index contributed by atoms with van der Waals surface area (Å²) in [6.07, 6.45) is -0.466. The number of piperazine rings is 1. The van der Waals surface area contributed by atoms with Crippen LogP contribution < -0.4 is 5.32 Å². The van der Waals surface area contributed by atoms with Crippen LogP contribution in [0.5, 0.6) is 0 Å². The summed E-state index contributed by atoms with van der Waals surface area (Å²) in [5.41, 5.74) is 1.25. The van der Waals surface area contributed by atoms with Crippen molar-refractivity contribution in [1.29, 1.82) is 0 Å². The van der Waals surface area contributed by atoms with E-state index in [1.54, 1.807) is 7.05 Å². The van der Waals surface area contributed by atoms with Crippen molar-refractivity contribution in [3.63, 3.8) is 0 Å². The first-order valence-electron chi connectivity index (χ1n) is 10.5. The molecule has 2 fully saturated rings. The maximum atomic E-state index is 12.6. The maximum absolute atomic E-state index is 12.6. The third-order valence-corrected chi connectivity index (χ3v) is 6.13. The quantitative estimate of drug-likeness (QED) is 0.783. The summed E-state index contributed by atoms with van der Waals surface area (Å²) in [5, 5.41) is 3.21. The van der Waals surface area contributed by atoms with Crippen LogP contribution in [0.25, 0.3) is 0 Å². The zero-order chi connectivity index (χ0) is 21.4. The van der Waals surface area contributed by atoms with E-state index < -0.39 is 12.2 Å². The van der Waals surface area contributed by atoms with Crippen LogP contribution in [-0.4, -0.2) is 89.5 Å². The van der Waals surface area contributed by atoms with Gasteiger partial charge in [0.25, 0.3) is 5.91 Å². The normalized spacial score (nSPS) is 25.0. The number of benzene rings is 1. The van der Waals surface area contributed by atoms with Crippen LogP contribution in [0.15, 0.2) is 29.3 Å². The number of rotatable bonds is 4. The molecule has 2 atom stereocenters. The van der Waals surface area contributed by atoms with Crippen LogP contribution in [-0.2, 0) is 11.3 Å². The van der Waals surface area contributed by atoms with Crippen molar-refractivity contribution >= 4 is 29.5 Å². The zero-order valence-corrected chi connectivity index (χ0v) is 18.5. The molecule has 1 N–H and O–H groups in total. The van der Waals surface area contributed by atoms with E-state index in [2.05, 4.69) is 46.0 Å². The lowest BCUT2D eigenvalue weighted by Gasteiger charge is -2.41. The van der Waals surface area contributed by atoms with Crippen LogP contribution in [0.2, 0.25) is 5.02 Å². The van der Waals surface area contributed by atoms with Gasteiger partial charge >= 0.3 is 6.03 Å². The molecule has 3 amide bonds. The molecular formula is C21H29ClN6O2. The Morgan fingerprint density at radius 3 is 2.43 bits per heavy atom. The van der Waals surface area contributed by atoms with Gasteiger partial charge in [0.15, 0.2) is 18.2 Å². The van der Waals surface area contributed by atoms with Gasteiger partial charge in [0, 0.05) is 51.3 Å². The molecule has 2 unspecified atom stereocenters. The highest BCUT2D eigenvalue weighted by molar-refractivity contribution is 6.30. The standard InChI is InChI=1S/C21H29ClN6O2/c1-14(2)12-28-17-18(25(3)21(30)24-19(17)29)23-20(28)27-10-8-26(9-11-27)13-15-4-6-16(22)7-5-15/h4-7,14,17-18H,8-13H2,1-3H3,(H,24,29,30). The zero-order valence-electron chi connectivity index (χ0n) is 17.7. The average molecular weight is 433 g/mol. The van der Waals surface area contributed by atoms with Crippen LogP contribution in [0, 0.1) is 5.92 Å². The number of fused-ring (bicyclic) bond motifs is 1. The van der Waals surface area contributed by atoms with Gasteiger partial charge < -0.3 is 14.7 Å². The van der Waals surface area contributed by atoms with E-state index in [9.17, 15) is 9.59 Å². The molecule has 3 aliphatic rings. The molecule has 0 bridgehead atoms. The molecule has 2 saturated heterocycles. The number of amides is 3. The van der Waals surface area contributed by atoms with Gasteiger partial charge in [0.05, 0.1) is 0 Å². The van der Waals surface area contributed by atoms with Gasteiger partial charge in [-0.1, -0.05) is 37.6 Å². The number of hydrogen-bond donors (Lipinski definition) is 1. The number of carbonyl (C=O) groups excluding carboxylic acids is 2. The largest absolute Gasteiger partial charge is 0.340 e. The lowest BCUT2D eigenvalue weighted by molar-refractivity contribution is -0.127. The summed E-state index contributed by atoms with van der Waals surface area (Å²) < 4.78 is 0. The number of urea groups is 1. The van der Waals surface area contributed by atoms with E-state index in [1.807, 2.05) is 12.1 Å². The fourth-order valence-corrected chi connectivity index (χ4v) is 4.44. The minimum absolute atomic E-state index is 0.260. The molecule has 0 aliphatic carbocycles. The van der Waals surface area contributed by atoms with Crippen molar-refractivity contribution in [1.82, 2.24) is 24.9 Å². The third kappa shape index (κ3) is 4.11. The topological polar surface area (TPSA) is 71.5 Å². The maximum Gasteiger partial charge on any atom is 0.325 e. The fourth-order valence-electron chi connectivity index (χ4n) is 4.32. The Morgan fingerprint density at radius 1 is 1.13 bits per heavy atom. The SMILES string of the molecule is CC(C)CN1C(N2CCN(Cc3ccc(Cl)cc3)CC2)=NC2C1C(=O)NC(=O)N2C. The summed E-state index contributed by atoms with van der Waals surface area (Å²) in [6.45, 7) is 9.36. The average Bonchev–Trinajstić information content (AvgIpc) is 3.08. The number of aliphatic imine (C=N–C) groups is 1. The summed E-state index contributed by atoms with van der Waals surface area (Å²) in [7, 11) is 1.70. The van der Waals surface area contributed by atoms with E-state index in [1.165, 1.54) is 10.5 Å². The minimum atomic E-state index is -0.466. The van der Waals surface area contributed by atoms with Gasteiger partial charge in [-0.3, -0.25) is 15.0 Å². The molecule has 9 heteroatoms. The second-order valence-electron chi connectivity index (χ2n) is 8.63. The van der Waals surface area contributed by atoms with Crippen LogP contribution in [0.1, 0.15) is 19.4 Å². The predicted molar refractivity (Wildman–Crippen MR) is 116 cm³/mol. The molecule has 162 valence electrons. The Hall–Kier alpha value is -2.32. The highest BCUT2D eigenvalue weighted by Gasteiger charge is 2.49. The monoisotopic (exact) mass is 432 g/mol. The Labute approximate surface area is 182 Å². The summed E-state index contributed by atoms with van der Waals surface area (Å²) in [4.78, 5) is 37.8. The highest BCUT2D eigenvalue weighted by Crippen LogP contribution is 2.27. The second-order valence-corrected chi connectivity index (χ2v) is 9.07. The van der Waals surface area contributed by atoms with Gasteiger partial charge in [-0.05, 0) is 23.6 Å². The number of carbonyl (C=O) groups is 2.